The fourth-order valence-electron chi connectivity index (χ4n) is 2.99. The Morgan fingerprint density at radius 3 is 2.37 bits per heavy atom. The molecule has 2 aromatic heterocycles. The minimum Gasteiger partial charge on any atom is -0.394 e. The van der Waals surface area contributed by atoms with Crippen LogP contribution < -0.4 is 10.6 Å². The summed E-state index contributed by atoms with van der Waals surface area (Å²) in [5.41, 5.74) is 6.05. The molecule has 0 radical (unpaired) electrons. The van der Waals surface area contributed by atoms with Gasteiger partial charge in [-0.15, -0.1) is 0 Å². The summed E-state index contributed by atoms with van der Waals surface area (Å²) in [7, 11) is 0. The van der Waals surface area contributed by atoms with Crippen molar-refractivity contribution in [3.8, 4) is 11.4 Å². The number of pyridine rings is 1. The van der Waals surface area contributed by atoms with Crippen molar-refractivity contribution in [3.05, 3.63) is 59.3 Å². The van der Waals surface area contributed by atoms with E-state index in [2.05, 4.69) is 58.5 Å². The van der Waals surface area contributed by atoms with E-state index < -0.39 is 0 Å². The lowest BCUT2D eigenvalue weighted by molar-refractivity contribution is 0.281. The van der Waals surface area contributed by atoms with Crippen molar-refractivity contribution in [1.82, 2.24) is 15.0 Å². The summed E-state index contributed by atoms with van der Waals surface area (Å²) in [6.45, 7) is 8.12. The Hall–Kier alpha value is -2.99. The summed E-state index contributed by atoms with van der Waals surface area (Å²) in [4.78, 5) is 13.5. The van der Waals surface area contributed by atoms with E-state index in [-0.39, 0.29) is 12.6 Å². The van der Waals surface area contributed by atoms with Gasteiger partial charge in [0.05, 0.1) is 18.0 Å². The molecule has 0 unspecified atom stereocenters. The van der Waals surface area contributed by atoms with Crippen molar-refractivity contribution in [2.75, 3.05) is 17.2 Å². The van der Waals surface area contributed by atoms with Crippen LogP contribution in [0.5, 0.6) is 0 Å². The Morgan fingerprint density at radius 1 is 1.00 bits per heavy atom. The molecule has 27 heavy (non-hydrogen) atoms. The molecule has 1 aromatic carbocycles. The van der Waals surface area contributed by atoms with Gasteiger partial charge in [-0.05, 0) is 51.0 Å². The first kappa shape index (κ1) is 18.8. The van der Waals surface area contributed by atoms with Gasteiger partial charge in [-0.3, -0.25) is 4.98 Å². The van der Waals surface area contributed by atoms with E-state index >= 15 is 0 Å². The molecule has 0 bridgehead atoms. The summed E-state index contributed by atoms with van der Waals surface area (Å²) in [5.74, 6) is 1.12. The van der Waals surface area contributed by atoms with E-state index in [0.29, 0.717) is 17.5 Å². The van der Waals surface area contributed by atoms with Gasteiger partial charge in [-0.2, -0.15) is 4.98 Å². The van der Waals surface area contributed by atoms with Crippen LogP contribution in [0.4, 0.5) is 17.5 Å². The fraction of sp³-hybridized carbons (Fsp3) is 0.286. The summed E-state index contributed by atoms with van der Waals surface area (Å²) in [6.07, 6.45) is 1.74. The molecule has 0 amide bonds. The summed E-state index contributed by atoms with van der Waals surface area (Å²) < 4.78 is 0. The van der Waals surface area contributed by atoms with E-state index in [1.165, 1.54) is 5.56 Å². The summed E-state index contributed by atoms with van der Waals surface area (Å²) in [5, 5.41) is 15.9. The maximum atomic E-state index is 9.34. The smallest absolute Gasteiger partial charge is 0.225 e. The van der Waals surface area contributed by atoms with Crippen molar-refractivity contribution in [2.24, 2.45) is 0 Å². The highest BCUT2D eigenvalue weighted by atomic mass is 16.3. The molecule has 3 N–H and O–H groups in total. The third kappa shape index (κ3) is 4.60. The van der Waals surface area contributed by atoms with Gasteiger partial charge in [0.15, 0.2) is 0 Å². The van der Waals surface area contributed by atoms with Crippen molar-refractivity contribution < 1.29 is 5.11 Å². The minimum absolute atomic E-state index is 0.00385. The normalized spacial score (nSPS) is 11.9. The van der Waals surface area contributed by atoms with Gasteiger partial charge in [-0.1, -0.05) is 23.8 Å². The molecule has 0 spiro atoms. The monoisotopic (exact) mass is 363 g/mol. The lowest BCUT2D eigenvalue weighted by atomic mass is 10.1. The van der Waals surface area contributed by atoms with Crippen LogP contribution in [-0.2, 0) is 0 Å². The Balaban J connectivity index is 2.02. The second-order valence-electron chi connectivity index (χ2n) is 6.80. The van der Waals surface area contributed by atoms with Gasteiger partial charge in [0.2, 0.25) is 5.95 Å². The number of rotatable bonds is 6. The second-order valence-corrected chi connectivity index (χ2v) is 6.80. The maximum Gasteiger partial charge on any atom is 0.225 e. The van der Waals surface area contributed by atoms with E-state index in [1.54, 1.807) is 6.20 Å². The Kier molecular flexibility index (Phi) is 5.66. The second kappa shape index (κ2) is 8.14. The van der Waals surface area contributed by atoms with Gasteiger partial charge >= 0.3 is 0 Å². The standard InChI is InChI=1S/C21H25N5O/c1-13-9-14(2)20(15(3)10-13)25-19-11-18(17-7-5-6-8-22-17)24-21(26-19)23-16(4)12-27/h5-11,16,27H,12H2,1-4H3,(H2,23,24,25,26)/t16-/m0/s1. The molecule has 1 atom stereocenters. The molecule has 140 valence electrons. The Labute approximate surface area is 159 Å². The lowest BCUT2D eigenvalue weighted by Gasteiger charge is -2.16. The topological polar surface area (TPSA) is 83.0 Å². The highest BCUT2D eigenvalue weighted by Crippen LogP contribution is 2.27. The van der Waals surface area contributed by atoms with E-state index in [4.69, 9.17) is 0 Å². The average Bonchev–Trinajstić information content (AvgIpc) is 2.65. The van der Waals surface area contributed by atoms with Crippen molar-refractivity contribution in [2.45, 2.75) is 33.7 Å². The molecule has 6 heteroatoms. The van der Waals surface area contributed by atoms with Crippen LogP contribution >= 0.6 is 0 Å². The van der Waals surface area contributed by atoms with Crippen LogP contribution in [0, 0.1) is 20.8 Å². The molecular weight excluding hydrogens is 338 g/mol. The number of hydrogen-bond donors (Lipinski definition) is 3. The third-order valence-corrected chi connectivity index (χ3v) is 4.23. The van der Waals surface area contributed by atoms with Crippen LogP contribution in [0.15, 0.2) is 42.6 Å². The quantitative estimate of drug-likeness (QED) is 0.614. The first-order valence-corrected chi connectivity index (χ1v) is 8.99. The zero-order chi connectivity index (χ0) is 19.4. The number of nitrogens with one attached hydrogen (secondary N) is 2. The van der Waals surface area contributed by atoms with Gasteiger partial charge < -0.3 is 15.7 Å². The molecule has 0 aliphatic rings. The summed E-state index contributed by atoms with van der Waals surface area (Å²) in [6, 6.07) is 11.7. The molecule has 0 saturated carbocycles. The first-order chi connectivity index (χ1) is 13.0. The van der Waals surface area contributed by atoms with Gasteiger partial charge in [0.25, 0.3) is 0 Å². The number of benzene rings is 1. The predicted molar refractivity (Wildman–Crippen MR) is 109 cm³/mol. The molecule has 0 aliphatic carbocycles. The zero-order valence-corrected chi connectivity index (χ0v) is 16.1. The molecule has 0 saturated heterocycles. The lowest BCUT2D eigenvalue weighted by Crippen LogP contribution is -2.21. The fourth-order valence-corrected chi connectivity index (χ4v) is 2.99. The zero-order valence-electron chi connectivity index (χ0n) is 16.1. The average molecular weight is 363 g/mol. The third-order valence-electron chi connectivity index (χ3n) is 4.23. The molecule has 0 aliphatic heterocycles. The van der Waals surface area contributed by atoms with Crippen LogP contribution in [0.25, 0.3) is 11.4 Å². The van der Waals surface area contributed by atoms with Crippen LogP contribution in [0.1, 0.15) is 23.6 Å². The number of aromatic nitrogens is 3. The van der Waals surface area contributed by atoms with E-state index in [0.717, 1.165) is 22.5 Å². The molecular formula is C21H25N5O. The van der Waals surface area contributed by atoms with Crippen molar-refractivity contribution >= 4 is 17.5 Å². The van der Waals surface area contributed by atoms with Crippen molar-refractivity contribution in [1.29, 1.82) is 0 Å². The van der Waals surface area contributed by atoms with Gasteiger partial charge in [-0.25, -0.2) is 4.98 Å². The van der Waals surface area contributed by atoms with Gasteiger partial charge in [0.1, 0.15) is 5.82 Å². The Morgan fingerprint density at radius 2 is 1.74 bits per heavy atom. The molecule has 3 rings (SSSR count). The molecule has 0 fully saturated rings. The molecule has 6 nitrogen and oxygen atoms in total. The Bertz CT molecular complexity index is 904. The largest absolute Gasteiger partial charge is 0.394 e. The van der Waals surface area contributed by atoms with E-state index in [9.17, 15) is 5.11 Å². The van der Waals surface area contributed by atoms with Crippen LogP contribution in [0.3, 0.4) is 0 Å². The number of hydrogen-bond acceptors (Lipinski definition) is 6. The van der Waals surface area contributed by atoms with Gasteiger partial charge in [0, 0.05) is 24.0 Å². The predicted octanol–water partition coefficient (Wildman–Crippen LogP) is 4.00. The van der Waals surface area contributed by atoms with Crippen molar-refractivity contribution in [3.63, 3.8) is 0 Å². The minimum atomic E-state index is -0.153. The molecule has 3 aromatic rings. The number of aliphatic hydroxyl groups excluding tert-OH is 1. The number of aliphatic hydroxyl groups is 1. The highest BCUT2D eigenvalue weighted by molar-refractivity contribution is 5.69. The maximum absolute atomic E-state index is 9.34. The number of anilines is 3. The van der Waals surface area contributed by atoms with Crippen LogP contribution in [0.2, 0.25) is 0 Å². The SMILES string of the molecule is Cc1cc(C)c(Nc2cc(-c3ccccn3)nc(N[C@@H](C)CO)n2)c(C)c1. The molecule has 2 heterocycles. The highest BCUT2D eigenvalue weighted by Gasteiger charge is 2.12. The van der Waals surface area contributed by atoms with E-state index in [1.807, 2.05) is 31.2 Å². The summed E-state index contributed by atoms with van der Waals surface area (Å²) >= 11 is 0. The number of nitrogens with zero attached hydrogens (tertiary/aromatic N) is 3. The first-order valence-electron chi connectivity index (χ1n) is 8.99. The van der Waals surface area contributed by atoms with Crippen LogP contribution in [-0.4, -0.2) is 32.7 Å². The number of aryl methyl sites for hydroxylation is 3.